The summed E-state index contributed by atoms with van der Waals surface area (Å²) < 4.78 is 24.4. The number of nitrogens with one attached hydrogen (secondary N) is 1. The molecule has 0 heterocycles. The second-order valence-electron chi connectivity index (χ2n) is 3.91. The molecule has 5 heteroatoms. The summed E-state index contributed by atoms with van der Waals surface area (Å²) in [7, 11) is -3.20. The van der Waals surface area contributed by atoms with E-state index in [1.807, 2.05) is 0 Å². The normalized spacial score (nSPS) is 18.9. The highest BCUT2D eigenvalue weighted by Gasteiger charge is 2.14. The molecule has 0 aromatic carbocycles. The fraction of sp³-hybridized carbons (Fsp3) is 1.00. The van der Waals surface area contributed by atoms with Crippen LogP contribution in [0.2, 0.25) is 0 Å². The molecule has 1 aliphatic rings. The average molecular weight is 240 g/mol. The summed E-state index contributed by atoms with van der Waals surface area (Å²) in [4.78, 5) is 0. The third kappa shape index (κ3) is 4.62. The summed E-state index contributed by atoms with van der Waals surface area (Å²) in [6, 6.07) is 0. The van der Waals surface area contributed by atoms with Crippen molar-refractivity contribution in [2.24, 2.45) is 5.92 Å². The first-order valence-corrected chi connectivity index (χ1v) is 7.36. The lowest BCUT2D eigenvalue weighted by molar-refractivity contribution is 0.481. The second kappa shape index (κ2) is 5.93. The van der Waals surface area contributed by atoms with Gasteiger partial charge in [-0.15, -0.1) is 11.6 Å². The molecule has 0 aliphatic heterocycles. The van der Waals surface area contributed by atoms with Crippen molar-refractivity contribution < 1.29 is 8.42 Å². The zero-order chi connectivity index (χ0) is 10.4. The van der Waals surface area contributed by atoms with E-state index < -0.39 is 10.0 Å². The Morgan fingerprint density at radius 3 is 2.50 bits per heavy atom. The molecule has 0 aromatic heterocycles. The number of alkyl halides is 1. The highest BCUT2D eigenvalue weighted by molar-refractivity contribution is 7.90. The fourth-order valence-corrected chi connectivity index (χ4v) is 2.72. The zero-order valence-electron chi connectivity index (χ0n) is 8.34. The van der Waals surface area contributed by atoms with Gasteiger partial charge in [0, 0.05) is 6.54 Å². The smallest absolute Gasteiger partial charge is 0.214 e. The molecule has 0 unspecified atom stereocenters. The number of halogens is 1. The Morgan fingerprint density at radius 2 is 1.93 bits per heavy atom. The molecule has 0 saturated heterocycles. The first kappa shape index (κ1) is 12.3. The van der Waals surface area contributed by atoms with E-state index >= 15 is 0 Å². The molecule has 1 N–H and O–H groups in total. The monoisotopic (exact) mass is 239 g/mol. The van der Waals surface area contributed by atoms with E-state index in [-0.39, 0.29) is 5.21 Å². The molecule has 84 valence electrons. The van der Waals surface area contributed by atoms with E-state index in [4.69, 9.17) is 11.6 Å². The van der Waals surface area contributed by atoms with E-state index in [2.05, 4.69) is 4.72 Å². The Hall–Kier alpha value is 0.200. The predicted octanol–water partition coefficient (Wildman–Crippen LogP) is 2.07. The molecule has 0 aromatic rings. The number of rotatable bonds is 6. The minimum Gasteiger partial charge on any atom is -0.214 e. The Kier molecular flexibility index (Phi) is 5.20. The minimum absolute atomic E-state index is 0.337. The van der Waals surface area contributed by atoms with Gasteiger partial charge in [0.1, 0.15) is 5.21 Å². The largest absolute Gasteiger partial charge is 0.225 e. The number of hydrogen-bond acceptors (Lipinski definition) is 2. The van der Waals surface area contributed by atoms with Crippen molar-refractivity contribution in [3.63, 3.8) is 0 Å². The first-order chi connectivity index (χ1) is 6.64. The SMILES string of the molecule is O=S(=O)(CCl)NCCCC1CCCC1. The van der Waals surface area contributed by atoms with Crippen molar-refractivity contribution in [1.29, 1.82) is 0 Å². The topological polar surface area (TPSA) is 46.2 Å². The highest BCUT2D eigenvalue weighted by Crippen LogP contribution is 2.28. The van der Waals surface area contributed by atoms with Crippen LogP contribution in [0.15, 0.2) is 0 Å². The van der Waals surface area contributed by atoms with Crippen LogP contribution >= 0.6 is 11.6 Å². The van der Waals surface area contributed by atoms with E-state index in [0.29, 0.717) is 6.54 Å². The summed E-state index contributed by atoms with van der Waals surface area (Å²) >= 11 is 5.25. The molecular weight excluding hydrogens is 222 g/mol. The number of hydrogen-bond donors (Lipinski definition) is 1. The lowest BCUT2D eigenvalue weighted by Crippen LogP contribution is -2.25. The summed E-state index contributed by atoms with van der Waals surface area (Å²) in [6.07, 6.45) is 7.41. The maximum absolute atomic E-state index is 11.0. The lowest BCUT2D eigenvalue weighted by atomic mass is 10.0. The van der Waals surface area contributed by atoms with Crippen LogP contribution in [-0.4, -0.2) is 20.2 Å². The highest BCUT2D eigenvalue weighted by atomic mass is 35.5. The predicted molar refractivity (Wildman–Crippen MR) is 58.8 cm³/mol. The molecule has 14 heavy (non-hydrogen) atoms. The van der Waals surface area contributed by atoms with E-state index in [9.17, 15) is 8.42 Å². The number of sulfonamides is 1. The van der Waals surface area contributed by atoms with Crippen molar-refractivity contribution in [2.45, 2.75) is 38.5 Å². The van der Waals surface area contributed by atoms with Gasteiger partial charge in [-0.2, -0.15) is 0 Å². The van der Waals surface area contributed by atoms with Crippen LogP contribution in [0.3, 0.4) is 0 Å². The molecule has 0 spiro atoms. The second-order valence-corrected chi connectivity index (χ2v) is 6.30. The molecular formula is C9H18ClNO2S. The van der Waals surface area contributed by atoms with Crippen molar-refractivity contribution in [3.05, 3.63) is 0 Å². The quantitative estimate of drug-likeness (QED) is 0.570. The Balaban J connectivity index is 2.04. The minimum atomic E-state index is -3.20. The molecule has 1 aliphatic carbocycles. The summed E-state index contributed by atoms with van der Waals surface area (Å²) in [5.74, 6) is 0.829. The molecule has 0 bridgehead atoms. The van der Waals surface area contributed by atoms with Crippen LogP contribution in [0, 0.1) is 5.92 Å². The lowest BCUT2D eigenvalue weighted by Gasteiger charge is -2.08. The Morgan fingerprint density at radius 1 is 1.29 bits per heavy atom. The fourth-order valence-electron chi connectivity index (χ4n) is 1.96. The van der Waals surface area contributed by atoms with Gasteiger partial charge in [0.15, 0.2) is 0 Å². The van der Waals surface area contributed by atoms with E-state index in [1.54, 1.807) is 0 Å². The summed E-state index contributed by atoms with van der Waals surface area (Å²) in [5, 5.41) is -0.337. The molecule has 3 nitrogen and oxygen atoms in total. The van der Waals surface area contributed by atoms with Crippen molar-refractivity contribution in [3.8, 4) is 0 Å². The van der Waals surface area contributed by atoms with Crippen LogP contribution in [0.5, 0.6) is 0 Å². The molecule has 1 saturated carbocycles. The molecule has 0 amide bonds. The van der Waals surface area contributed by atoms with Crippen molar-refractivity contribution >= 4 is 21.6 Å². The van der Waals surface area contributed by atoms with Gasteiger partial charge in [0.2, 0.25) is 10.0 Å². The average Bonchev–Trinajstić information content (AvgIpc) is 2.65. The molecule has 1 rings (SSSR count). The van der Waals surface area contributed by atoms with Crippen LogP contribution in [0.4, 0.5) is 0 Å². The Bertz CT molecular complexity index is 248. The van der Waals surface area contributed by atoms with Gasteiger partial charge in [-0.05, 0) is 18.8 Å². The summed E-state index contributed by atoms with van der Waals surface area (Å²) in [5.41, 5.74) is 0. The van der Waals surface area contributed by atoms with E-state index in [0.717, 1.165) is 18.8 Å². The Labute approximate surface area is 91.3 Å². The van der Waals surface area contributed by atoms with Crippen LogP contribution in [0.1, 0.15) is 38.5 Å². The van der Waals surface area contributed by atoms with E-state index in [1.165, 1.54) is 25.7 Å². The third-order valence-electron chi connectivity index (χ3n) is 2.73. The van der Waals surface area contributed by atoms with Gasteiger partial charge in [0.25, 0.3) is 0 Å². The van der Waals surface area contributed by atoms with Crippen molar-refractivity contribution in [2.75, 3.05) is 11.8 Å². The van der Waals surface area contributed by atoms with Gasteiger partial charge in [0.05, 0.1) is 0 Å². The van der Waals surface area contributed by atoms with Gasteiger partial charge < -0.3 is 0 Å². The molecule has 0 radical (unpaired) electrons. The standard InChI is InChI=1S/C9H18ClNO2S/c10-8-14(12,13)11-7-3-6-9-4-1-2-5-9/h9,11H,1-8H2. The molecule has 0 atom stereocenters. The van der Waals surface area contributed by atoms with Crippen LogP contribution in [0.25, 0.3) is 0 Å². The van der Waals surface area contributed by atoms with Gasteiger partial charge in [-0.1, -0.05) is 25.7 Å². The maximum Gasteiger partial charge on any atom is 0.225 e. The van der Waals surface area contributed by atoms with Crippen molar-refractivity contribution in [1.82, 2.24) is 4.72 Å². The summed E-state index contributed by atoms with van der Waals surface area (Å²) in [6.45, 7) is 0.533. The van der Waals surface area contributed by atoms with Crippen LogP contribution in [-0.2, 0) is 10.0 Å². The van der Waals surface area contributed by atoms with Crippen LogP contribution < -0.4 is 4.72 Å². The first-order valence-electron chi connectivity index (χ1n) is 5.17. The van der Waals surface area contributed by atoms with Gasteiger partial charge >= 0.3 is 0 Å². The third-order valence-corrected chi connectivity index (χ3v) is 4.52. The van der Waals surface area contributed by atoms with Gasteiger partial charge in [-0.3, -0.25) is 0 Å². The maximum atomic E-state index is 11.0. The van der Waals surface area contributed by atoms with Gasteiger partial charge in [-0.25, -0.2) is 13.1 Å². The zero-order valence-corrected chi connectivity index (χ0v) is 9.91. The molecule has 1 fully saturated rings.